The zero-order valence-electron chi connectivity index (χ0n) is 27.4. The summed E-state index contributed by atoms with van der Waals surface area (Å²) < 4.78 is 16.9. The van der Waals surface area contributed by atoms with Gasteiger partial charge in [-0.2, -0.15) is 0 Å². The van der Waals surface area contributed by atoms with Crippen LogP contribution in [0.4, 0.5) is 0 Å². The molecule has 0 aliphatic heterocycles. The molecule has 0 N–H and O–H groups in total. The summed E-state index contributed by atoms with van der Waals surface area (Å²) in [5.41, 5.74) is 0. The Morgan fingerprint density at radius 3 is 1.90 bits per heavy atom. The van der Waals surface area contributed by atoms with Gasteiger partial charge in [0.05, 0.1) is 40.3 Å². The van der Waals surface area contributed by atoms with E-state index in [1.165, 1.54) is 51.4 Å². The van der Waals surface area contributed by atoms with Crippen molar-refractivity contribution in [2.24, 2.45) is 0 Å². The zero-order valence-corrected chi connectivity index (χ0v) is 27.4. The van der Waals surface area contributed by atoms with Crippen LogP contribution in [0.15, 0.2) is 24.3 Å². The van der Waals surface area contributed by atoms with E-state index >= 15 is 0 Å². The highest BCUT2D eigenvalue weighted by molar-refractivity contribution is 5.70. The molecule has 0 aromatic rings. The molecule has 0 saturated carbocycles. The van der Waals surface area contributed by atoms with Crippen LogP contribution >= 0.6 is 0 Å². The molecule has 0 heterocycles. The maximum atomic E-state index is 12.4. The van der Waals surface area contributed by atoms with Gasteiger partial charge in [0.2, 0.25) is 0 Å². The van der Waals surface area contributed by atoms with Gasteiger partial charge in [0.1, 0.15) is 12.6 Å². The molecule has 42 heavy (non-hydrogen) atoms. The number of ether oxygens (including phenoxy) is 3. The van der Waals surface area contributed by atoms with Gasteiger partial charge in [0.25, 0.3) is 0 Å². The van der Waals surface area contributed by atoms with Crippen molar-refractivity contribution in [3.8, 4) is 0 Å². The van der Waals surface area contributed by atoms with E-state index in [2.05, 4.69) is 26.0 Å². The van der Waals surface area contributed by atoms with E-state index in [-0.39, 0.29) is 43.1 Å². The number of unbranched alkanes of at least 4 members (excludes halogenated alkanes) is 10. The van der Waals surface area contributed by atoms with Crippen LogP contribution in [0, 0.1) is 0 Å². The lowest BCUT2D eigenvalue weighted by Gasteiger charge is -2.34. The average molecular weight is 596 g/mol. The molecule has 2 atom stereocenters. The van der Waals surface area contributed by atoms with E-state index in [0.717, 1.165) is 32.1 Å². The number of allylic oxidation sites excluding steroid dienone is 4. The molecule has 8 nitrogen and oxygen atoms in total. The Morgan fingerprint density at radius 2 is 1.33 bits per heavy atom. The molecular formula is C34H61NO7. The molecule has 8 heteroatoms. The lowest BCUT2D eigenvalue weighted by molar-refractivity contribution is -0.889. The second kappa shape index (κ2) is 26.4. The minimum absolute atomic E-state index is 0.0199. The summed E-state index contributed by atoms with van der Waals surface area (Å²) in [6, 6.07) is -0.728. The van der Waals surface area contributed by atoms with Crippen molar-refractivity contribution in [2.45, 2.75) is 135 Å². The number of nitrogens with zero attached hydrogens (tertiary/aromatic N) is 1. The Morgan fingerprint density at radius 1 is 0.738 bits per heavy atom. The van der Waals surface area contributed by atoms with Gasteiger partial charge in [0, 0.05) is 19.3 Å². The number of aliphatic carboxylic acids is 1. The summed E-state index contributed by atoms with van der Waals surface area (Å²) in [5, 5.41) is 11.5. The standard InChI is InChI=1S/C34H61NO7/c1-6-8-10-12-14-15-16-17-19-20-22-24-32(36)41-29-30(28-40-27-26-31(34(38)39)35(3,4)5)42-33(37)25-23-21-18-13-11-9-7-2/h9,11,18,21,30-31H,6-8,10,12-17,19-20,22-29H2,1-5H3/b11-9+,21-18+. The predicted octanol–water partition coefficient (Wildman–Crippen LogP) is 6.07. The molecule has 244 valence electrons. The predicted molar refractivity (Wildman–Crippen MR) is 167 cm³/mol. The Bertz CT molecular complexity index is 757. The summed E-state index contributed by atoms with van der Waals surface area (Å²) in [7, 11) is 5.36. The molecule has 0 fully saturated rings. The van der Waals surface area contributed by atoms with Gasteiger partial charge in [-0.25, -0.2) is 0 Å². The third-order valence-corrected chi connectivity index (χ3v) is 7.12. The topological polar surface area (TPSA) is 102 Å². The molecule has 0 aliphatic carbocycles. The van der Waals surface area contributed by atoms with E-state index in [1.807, 2.05) is 12.2 Å². The van der Waals surface area contributed by atoms with E-state index < -0.39 is 24.1 Å². The smallest absolute Gasteiger partial charge is 0.306 e. The van der Waals surface area contributed by atoms with Crippen LogP contribution in [0.25, 0.3) is 0 Å². The van der Waals surface area contributed by atoms with Crippen molar-refractivity contribution in [2.75, 3.05) is 41.0 Å². The molecule has 0 saturated heterocycles. The first kappa shape index (κ1) is 39.8. The number of hydrogen-bond acceptors (Lipinski definition) is 7. The van der Waals surface area contributed by atoms with Gasteiger partial charge in [-0.3, -0.25) is 9.59 Å². The fourth-order valence-corrected chi connectivity index (χ4v) is 4.54. The van der Waals surface area contributed by atoms with Crippen molar-refractivity contribution in [1.82, 2.24) is 0 Å². The van der Waals surface area contributed by atoms with Crippen LogP contribution in [0.3, 0.4) is 0 Å². The summed E-state index contributed by atoms with van der Waals surface area (Å²) in [5.74, 6) is -1.83. The van der Waals surface area contributed by atoms with E-state index in [1.54, 1.807) is 21.1 Å². The number of carboxylic acids is 1. The van der Waals surface area contributed by atoms with E-state index in [0.29, 0.717) is 12.8 Å². The van der Waals surface area contributed by atoms with Crippen LogP contribution in [0.2, 0.25) is 0 Å². The highest BCUT2D eigenvalue weighted by Crippen LogP contribution is 2.13. The quantitative estimate of drug-likeness (QED) is 0.0468. The number of carbonyl (C=O) groups excluding carboxylic acids is 3. The number of quaternary nitrogens is 1. The third-order valence-electron chi connectivity index (χ3n) is 7.12. The SMILES string of the molecule is CC/C=C/C/C=C/CCC(=O)OC(COCCC(C(=O)[O-])[N+](C)(C)C)COC(=O)CCCCCCCCCCCCC. The average Bonchev–Trinajstić information content (AvgIpc) is 2.92. The fourth-order valence-electron chi connectivity index (χ4n) is 4.54. The first-order valence-corrected chi connectivity index (χ1v) is 16.4. The van der Waals surface area contributed by atoms with Crippen molar-refractivity contribution in [3.63, 3.8) is 0 Å². The number of carbonyl (C=O) groups is 3. The molecule has 0 spiro atoms. The number of esters is 2. The van der Waals surface area contributed by atoms with Gasteiger partial charge in [-0.15, -0.1) is 0 Å². The molecule has 0 radical (unpaired) electrons. The van der Waals surface area contributed by atoms with Crippen molar-refractivity contribution in [1.29, 1.82) is 0 Å². The highest BCUT2D eigenvalue weighted by atomic mass is 16.6. The second-order valence-corrected chi connectivity index (χ2v) is 12.0. The molecule has 0 amide bonds. The third kappa shape index (κ3) is 24.4. The van der Waals surface area contributed by atoms with E-state index in [9.17, 15) is 19.5 Å². The first-order chi connectivity index (χ1) is 20.1. The Balaban J connectivity index is 4.50. The molecule has 0 aromatic heterocycles. The Kier molecular flexibility index (Phi) is 25.1. The number of carboxylic acid groups (broad SMARTS) is 1. The summed E-state index contributed by atoms with van der Waals surface area (Å²) in [6.45, 7) is 4.41. The van der Waals surface area contributed by atoms with Gasteiger partial charge < -0.3 is 28.6 Å². The summed E-state index contributed by atoms with van der Waals surface area (Å²) >= 11 is 0. The van der Waals surface area contributed by atoms with Crippen LogP contribution in [0.5, 0.6) is 0 Å². The highest BCUT2D eigenvalue weighted by Gasteiger charge is 2.25. The number of rotatable bonds is 28. The minimum atomic E-state index is -1.14. The largest absolute Gasteiger partial charge is 0.544 e. The molecule has 0 aromatic carbocycles. The maximum absolute atomic E-state index is 12.4. The molecule has 0 aliphatic rings. The Hall–Kier alpha value is -2.19. The lowest BCUT2D eigenvalue weighted by Crippen LogP contribution is -2.55. The van der Waals surface area contributed by atoms with Gasteiger partial charge in [-0.1, -0.05) is 102 Å². The molecule has 0 bridgehead atoms. The second-order valence-electron chi connectivity index (χ2n) is 12.0. The van der Waals surface area contributed by atoms with Crippen LogP contribution in [-0.4, -0.2) is 75.5 Å². The fraction of sp³-hybridized carbons (Fsp3) is 0.794. The normalized spacial score (nSPS) is 13.5. The molecule has 0 rings (SSSR count). The van der Waals surface area contributed by atoms with Crippen LogP contribution in [0.1, 0.15) is 123 Å². The van der Waals surface area contributed by atoms with E-state index in [4.69, 9.17) is 14.2 Å². The summed E-state index contributed by atoms with van der Waals surface area (Å²) in [6.07, 6.45) is 23.9. The van der Waals surface area contributed by atoms with Crippen LogP contribution in [-0.2, 0) is 28.6 Å². The first-order valence-electron chi connectivity index (χ1n) is 16.4. The van der Waals surface area contributed by atoms with Gasteiger partial charge >= 0.3 is 11.9 Å². The van der Waals surface area contributed by atoms with Gasteiger partial charge in [-0.05, 0) is 25.7 Å². The van der Waals surface area contributed by atoms with Crippen molar-refractivity contribution < 1.29 is 38.2 Å². The molecular weight excluding hydrogens is 534 g/mol. The lowest BCUT2D eigenvalue weighted by atomic mass is 10.1. The van der Waals surface area contributed by atoms with Gasteiger partial charge in [0.15, 0.2) is 6.10 Å². The maximum Gasteiger partial charge on any atom is 0.306 e. The monoisotopic (exact) mass is 595 g/mol. The summed E-state index contributed by atoms with van der Waals surface area (Å²) in [4.78, 5) is 36.2. The number of hydrogen-bond donors (Lipinski definition) is 0. The molecule has 2 unspecified atom stereocenters. The van der Waals surface area contributed by atoms with Crippen molar-refractivity contribution in [3.05, 3.63) is 24.3 Å². The Labute approximate surface area is 256 Å². The number of likely N-dealkylation sites (N-methyl/N-ethyl adjacent to an activating group) is 1. The van der Waals surface area contributed by atoms with Crippen molar-refractivity contribution >= 4 is 17.9 Å². The zero-order chi connectivity index (χ0) is 31.5. The van der Waals surface area contributed by atoms with Crippen LogP contribution < -0.4 is 5.11 Å². The minimum Gasteiger partial charge on any atom is -0.544 e.